The van der Waals surface area contributed by atoms with Gasteiger partial charge in [-0.05, 0) is 64.0 Å². The van der Waals surface area contributed by atoms with Gasteiger partial charge in [0, 0.05) is 17.8 Å². The molecule has 96 valence electrons. The Morgan fingerprint density at radius 1 is 1.22 bits per heavy atom. The first-order valence-electron chi connectivity index (χ1n) is 6.62. The zero-order chi connectivity index (χ0) is 13.0. The third-order valence-corrected chi connectivity index (χ3v) is 3.69. The van der Waals surface area contributed by atoms with Gasteiger partial charge in [0.05, 0.1) is 11.6 Å². The topological polar surface area (TPSA) is 39.1 Å². The second-order valence-corrected chi connectivity index (χ2v) is 5.48. The molecule has 1 aromatic rings. The maximum absolute atomic E-state index is 8.85. The fourth-order valence-corrected chi connectivity index (χ4v) is 2.51. The van der Waals surface area contributed by atoms with E-state index in [2.05, 4.69) is 42.3 Å². The summed E-state index contributed by atoms with van der Waals surface area (Å²) in [4.78, 5) is 2.47. The van der Waals surface area contributed by atoms with Crippen molar-refractivity contribution in [3.05, 3.63) is 29.8 Å². The molecule has 1 aliphatic heterocycles. The summed E-state index contributed by atoms with van der Waals surface area (Å²) in [5.41, 5.74) is 2.10. The van der Waals surface area contributed by atoms with Crippen LogP contribution in [0, 0.1) is 11.3 Å². The summed E-state index contributed by atoms with van der Waals surface area (Å²) < 4.78 is 0. The van der Waals surface area contributed by atoms with Gasteiger partial charge in [-0.3, -0.25) is 0 Å². The number of hydrogen-bond donors (Lipinski definition) is 1. The smallest absolute Gasteiger partial charge is 0.0991 e. The molecule has 1 aromatic carbocycles. The van der Waals surface area contributed by atoms with Crippen molar-refractivity contribution in [1.82, 2.24) is 5.32 Å². The Hall–Kier alpha value is -1.53. The maximum atomic E-state index is 8.85. The van der Waals surface area contributed by atoms with Gasteiger partial charge in [-0.2, -0.15) is 5.26 Å². The van der Waals surface area contributed by atoms with Crippen molar-refractivity contribution in [2.24, 2.45) is 0 Å². The molecule has 1 N–H and O–H groups in total. The molecular weight excluding hydrogens is 222 g/mol. The molecule has 0 aromatic heterocycles. The van der Waals surface area contributed by atoms with Crippen LogP contribution in [-0.4, -0.2) is 25.2 Å². The summed E-state index contributed by atoms with van der Waals surface area (Å²) in [7, 11) is 0. The van der Waals surface area contributed by atoms with Gasteiger partial charge in [0.1, 0.15) is 0 Å². The van der Waals surface area contributed by atoms with Crippen LogP contribution in [0.25, 0.3) is 0 Å². The summed E-state index contributed by atoms with van der Waals surface area (Å²) in [6.07, 6.45) is 2.29. The highest BCUT2D eigenvalue weighted by atomic mass is 15.2. The molecule has 0 amide bonds. The first-order chi connectivity index (χ1) is 8.63. The fourth-order valence-electron chi connectivity index (χ4n) is 2.51. The Balaban J connectivity index is 2.23. The quantitative estimate of drug-likeness (QED) is 0.824. The Morgan fingerprint density at radius 3 is 2.61 bits per heavy atom. The number of anilines is 1. The van der Waals surface area contributed by atoms with E-state index >= 15 is 0 Å². The molecule has 3 heteroatoms. The highest BCUT2D eigenvalue weighted by Crippen LogP contribution is 2.27. The van der Waals surface area contributed by atoms with E-state index in [1.54, 1.807) is 0 Å². The molecule has 0 saturated carbocycles. The molecule has 1 aliphatic rings. The van der Waals surface area contributed by atoms with E-state index in [1.165, 1.54) is 5.69 Å². The van der Waals surface area contributed by atoms with Gasteiger partial charge in [0.2, 0.25) is 0 Å². The predicted molar refractivity (Wildman–Crippen MR) is 74.7 cm³/mol. The number of nitrogens with one attached hydrogen (secondary N) is 1. The fraction of sp³-hybridized carbons (Fsp3) is 0.533. The SMILES string of the molecule is CC1(C)CCNCCCN1c1ccc(C#N)cc1. The van der Waals surface area contributed by atoms with E-state index in [-0.39, 0.29) is 5.54 Å². The van der Waals surface area contributed by atoms with E-state index in [1.807, 2.05) is 12.1 Å². The Morgan fingerprint density at radius 2 is 1.94 bits per heavy atom. The van der Waals surface area contributed by atoms with Crippen molar-refractivity contribution in [2.75, 3.05) is 24.5 Å². The lowest BCUT2D eigenvalue weighted by atomic mass is 9.95. The van der Waals surface area contributed by atoms with Crippen molar-refractivity contribution in [1.29, 1.82) is 5.26 Å². The number of rotatable bonds is 1. The zero-order valence-corrected chi connectivity index (χ0v) is 11.2. The van der Waals surface area contributed by atoms with Crippen LogP contribution in [0.5, 0.6) is 0 Å². The number of nitriles is 1. The maximum Gasteiger partial charge on any atom is 0.0991 e. The molecule has 1 saturated heterocycles. The lowest BCUT2D eigenvalue weighted by Crippen LogP contribution is -2.48. The van der Waals surface area contributed by atoms with Gasteiger partial charge >= 0.3 is 0 Å². The van der Waals surface area contributed by atoms with Crippen molar-refractivity contribution in [3.8, 4) is 6.07 Å². The molecule has 0 bridgehead atoms. The van der Waals surface area contributed by atoms with Crippen molar-refractivity contribution in [3.63, 3.8) is 0 Å². The standard InChI is InChI=1S/C15H21N3/c1-15(2)8-10-17-9-3-11-18(15)14-6-4-13(12-16)5-7-14/h4-7,17H,3,8-11H2,1-2H3. The van der Waals surface area contributed by atoms with Gasteiger partial charge in [0.25, 0.3) is 0 Å². The Labute approximate surface area is 109 Å². The van der Waals surface area contributed by atoms with Crippen LogP contribution >= 0.6 is 0 Å². The summed E-state index contributed by atoms with van der Waals surface area (Å²) in [6, 6.07) is 10.1. The number of nitrogens with zero attached hydrogens (tertiary/aromatic N) is 2. The summed E-state index contributed by atoms with van der Waals surface area (Å²) in [5.74, 6) is 0. The van der Waals surface area contributed by atoms with Crippen LogP contribution in [0.15, 0.2) is 24.3 Å². The predicted octanol–water partition coefficient (Wildman–Crippen LogP) is 2.53. The summed E-state index contributed by atoms with van der Waals surface area (Å²) >= 11 is 0. The van der Waals surface area contributed by atoms with Crippen LogP contribution in [0.4, 0.5) is 5.69 Å². The first-order valence-corrected chi connectivity index (χ1v) is 6.62. The third-order valence-electron chi connectivity index (χ3n) is 3.69. The molecule has 2 rings (SSSR count). The molecule has 0 atom stereocenters. The Bertz CT molecular complexity index is 428. The summed E-state index contributed by atoms with van der Waals surface area (Å²) in [5, 5.41) is 12.3. The lowest BCUT2D eigenvalue weighted by molar-refractivity contribution is 0.387. The molecule has 18 heavy (non-hydrogen) atoms. The van der Waals surface area contributed by atoms with Gasteiger partial charge < -0.3 is 10.2 Å². The first kappa shape index (κ1) is 12.9. The molecule has 0 radical (unpaired) electrons. The molecule has 0 unspecified atom stereocenters. The van der Waals surface area contributed by atoms with Crippen molar-refractivity contribution in [2.45, 2.75) is 32.2 Å². The second kappa shape index (κ2) is 5.41. The lowest BCUT2D eigenvalue weighted by Gasteiger charge is -2.42. The van der Waals surface area contributed by atoms with Gasteiger partial charge in [-0.15, -0.1) is 0 Å². The molecule has 0 aliphatic carbocycles. The van der Waals surface area contributed by atoms with Crippen LogP contribution in [0.1, 0.15) is 32.3 Å². The largest absolute Gasteiger partial charge is 0.366 e. The average Bonchev–Trinajstić information content (AvgIpc) is 2.35. The minimum atomic E-state index is 0.154. The van der Waals surface area contributed by atoms with E-state index in [0.29, 0.717) is 0 Å². The minimum absolute atomic E-state index is 0.154. The van der Waals surface area contributed by atoms with Crippen LogP contribution in [0.2, 0.25) is 0 Å². The highest BCUT2D eigenvalue weighted by Gasteiger charge is 2.27. The van der Waals surface area contributed by atoms with E-state index in [0.717, 1.165) is 38.0 Å². The Kier molecular flexibility index (Phi) is 3.88. The van der Waals surface area contributed by atoms with Gasteiger partial charge in [0.15, 0.2) is 0 Å². The van der Waals surface area contributed by atoms with Crippen LogP contribution in [0.3, 0.4) is 0 Å². The zero-order valence-electron chi connectivity index (χ0n) is 11.2. The molecule has 3 nitrogen and oxygen atoms in total. The summed E-state index contributed by atoms with van der Waals surface area (Å²) in [6.45, 7) is 7.80. The molecule has 1 heterocycles. The molecule has 0 spiro atoms. The van der Waals surface area contributed by atoms with E-state index < -0.39 is 0 Å². The van der Waals surface area contributed by atoms with E-state index in [4.69, 9.17) is 5.26 Å². The molecular formula is C15H21N3. The highest BCUT2D eigenvalue weighted by molar-refractivity contribution is 5.51. The van der Waals surface area contributed by atoms with Gasteiger partial charge in [-0.1, -0.05) is 0 Å². The van der Waals surface area contributed by atoms with Crippen molar-refractivity contribution < 1.29 is 0 Å². The van der Waals surface area contributed by atoms with Gasteiger partial charge in [-0.25, -0.2) is 0 Å². The van der Waals surface area contributed by atoms with Crippen LogP contribution in [-0.2, 0) is 0 Å². The minimum Gasteiger partial charge on any atom is -0.366 e. The van der Waals surface area contributed by atoms with Crippen LogP contribution < -0.4 is 10.2 Å². The molecule has 1 fully saturated rings. The number of benzene rings is 1. The monoisotopic (exact) mass is 243 g/mol. The number of hydrogen-bond acceptors (Lipinski definition) is 3. The van der Waals surface area contributed by atoms with E-state index in [9.17, 15) is 0 Å². The third kappa shape index (κ3) is 2.83. The normalized spacial score (nSPS) is 19.7. The average molecular weight is 243 g/mol. The van der Waals surface area contributed by atoms with Crippen molar-refractivity contribution >= 4 is 5.69 Å². The second-order valence-electron chi connectivity index (χ2n) is 5.48.